The van der Waals surface area contributed by atoms with Crippen molar-refractivity contribution in [3.8, 4) is 0 Å². The van der Waals surface area contributed by atoms with Crippen molar-refractivity contribution < 1.29 is 4.79 Å². The highest BCUT2D eigenvalue weighted by atomic mass is 16.2. The molecule has 1 fully saturated rings. The highest BCUT2D eigenvalue weighted by Crippen LogP contribution is 2.36. The van der Waals surface area contributed by atoms with Crippen LogP contribution in [0.3, 0.4) is 0 Å². The molecular formula is C24H26N6O. The van der Waals surface area contributed by atoms with Crippen LogP contribution in [-0.4, -0.2) is 32.4 Å². The molecule has 0 N–H and O–H groups in total. The molecule has 0 unspecified atom stereocenters. The number of benzene rings is 1. The molecule has 1 aromatic carbocycles. The normalized spacial score (nSPS) is 18.4. The molecule has 1 amide bonds. The predicted molar refractivity (Wildman–Crippen MR) is 119 cm³/mol. The maximum atomic E-state index is 12.9. The molecule has 2 aliphatic heterocycles. The second kappa shape index (κ2) is 8.06. The number of carbonyl (C=O) groups excluding carboxylic acids is 1. The van der Waals surface area contributed by atoms with Crippen molar-refractivity contribution in [1.82, 2.24) is 19.9 Å². The maximum absolute atomic E-state index is 12.9. The molecule has 0 spiro atoms. The smallest absolute Gasteiger partial charge is 0.228 e. The first-order chi connectivity index (χ1) is 15.1. The molecule has 31 heavy (non-hydrogen) atoms. The fourth-order valence-electron chi connectivity index (χ4n) is 4.51. The molecule has 5 rings (SSSR count). The average molecular weight is 415 g/mol. The van der Waals surface area contributed by atoms with Crippen LogP contribution in [0, 0.1) is 13.8 Å². The van der Waals surface area contributed by atoms with Gasteiger partial charge in [0.25, 0.3) is 0 Å². The quantitative estimate of drug-likeness (QED) is 0.648. The zero-order valence-corrected chi connectivity index (χ0v) is 18.0. The van der Waals surface area contributed by atoms with E-state index in [1.54, 1.807) is 12.4 Å². The van der Waals surface area contributed by atoms with E-state index in [1.807, 2.05) is 17.9 Å². The molecule has 2 aromatic heterocycles. The number of carbonyl (C=O) groups is 1. The van der Waals surface area contributed by atoms with E-state index in [9.17, 15) is 4.79 Å². The Bertz CT molecular complexity index is 1100. The van der Waals surface area contributed by atoms with Crippen molar-refractivity contribution in [3.05, 3.63) is 70.9 Å². The molecule has 0 radical (unpaired) electrons. The van der Waals surface area contributed by atoms with E-state index in [-0.39, 0.29) is 11.9 Å². The van der Waals surface area contributed by atoms with Crippen LogP contribution in [-0.2, 0) is 17.8 Å². The number of rotatable bonds is 4. The van der Waals surface area contributed by atoms with Gasteiger partial charge in [-0.1, -0.05) is 29.8 Å². The van der Waals surface area contributed by atoms with Gasteiger partial charge in [0.2, 0.25) is 11.9 Å². The van der Waals surface area contributed by atoms with Crippen molar-refractivity contribution in [3.63, 3.8) is 0 Å². The second-order valence-corrected chi connectivity index (χ2v) is 8.34. The van der Waals surface area contributed by atoms with Crippen LogP contribution in [0.4, 0.5) is 11.8 Å². The minimum absolute atomic E-state index is 0.0182. The summed E-state index contributed by atoms with van der Waals surface area (Å²) in [6, 6.07) is 10.2. The van der Waals surface area contributed by atoms with Gasteiger partial charge in [0, 0.05) is 36.6 Å². The van der Waals surface area contributed by atoms with Gasteiger partial charge in [0.05, 0.1) is 12.6 Å². The number of hydrogen-bond acceptors (Lipinski definition) is 6. The fraction of sp³-hybridized carbons (Fsp3) is 0.375. The molecule has 0 saturated carbocycles. The summed E-state index contributed by atoms with van der Waals surface area (Å²) in [5.41, 5.74) is 4.35. The van der Waals surface area contributed by atoms with Crippen LogP contribution < -0.4 is 9.80 Å². The summed E-state index contributed by atoms with van der Waals surface area (Å²) in [5, 5.41) is 0. The van der Waals surface area contributed by atoms with E-state index >= 15 is 0 Å². The van der Waals surface area contributed by atoms with Gasteiger partial charge in [-0.15, -0.1) is 0 Å². The molecule has 1 saturated heterocycles. The summed E-state index contributed by atoms with van der Waals surface area (Å²) >= 11 is 0. The Hall–Kier alpha value is -3.35. The Morgan fingerprint density at radius 1 is 1.03 bits per heavy atom. The summed E-state index contributed by atoms with van der Waals surface area (Å²) in [6.45, 7) is 5.50. The number of anilines is 2. The van der Waals surface area contributed by atoms with Gasteiger partial charge >= 0.3 is 0 Å². The summed E-state index contributed by atoms with van der Waals surface area (Å²) in [6.07, 6.45) is 6.70. The average Bonchev–Trinajstić information content (AvgIpc) is 3.28. The highest BCUT2D eigenvalue weighted by molar-refractivity contribution is 5.95. The molecule has 0 bridgehead atoms. The predicted octanol–water partition coefficient (Wildman–Crippen LogP) is 3.70. The van der Waals surface area contributed by atoms with Crippen LogP contribution in [0.25, 0.3) is 0 Å². The van der Waals surface area contributed by atoms with Crippen LogP contribution in [0.1, 0.15) is 53.5 Å². The summed E-state index contributed by atoms with van der Waals surface area (Å²) < 4.78 is 0. The molecule has 7 heteroatoms. The summed E-state index contributed by atoms with van der Waals surface area (Å²) in [5.74, 6) is 2.34. The molecule has 0 aliphatic carbocycles. The van der Waals surface area contributed by atoms with Crippen LogP contribution >= 0.6 is 0 Å². The van der Waals surface area contributed by atoms with E-state index < -0.39 is 0 Å². The Morgan fingerprint density at radius 3 is 2.58 bits per heavy atom. The lowest BCUT2D eigenvalue weighted by Gasteiger charge is -2.31. The van der Waals surface area contributed by atoms with Crippen molar-refractivity contribution >= 4 is 17.7 Å². The molecule has 7 nitrogen and oxygen atoms in total. The first kappa shape index (κ1) is 19.6. The number of nitrogens with zero attached hydrogens (tertiary/aromatic N) is 6. The standard InChI is InChI=1S/C24H26N6O/c1-16-6-8-18(9-7-16)15-30-21(31)11-10-19-17(2)27-22(28-23(19)30)20-5-3-14-29(20)24-25-12-4-13-26-24/h4,6-9,12-13,20H,3,5,10-11,14-15H2,1-2H3/t20-/m0/s1. The minimum atomic E-state index is 0.0182. The number of hydrogen-bond donors (Lipinski definition) is 0. The summed E-state index contributed by atoms with van der Waals surface area (Å²) in [7, 11) is 0. The van der Waals surface area contributed by atoms with E-state index in [2.05, 4.69) is 46.1 Å². The minimum Gasteiger partial charge on any atom is -0.331 e. The maximum Gasteiger partial charge on any atom is 0.228 e. The summed E-state index contributed by atoms with van der Waals surface area (Å²) in [4.78, 5) is 35.6. The van der Waals surface area contributed by atoms with Crippen molar-refractivity contribution in [1.29, 1.82) is 0 Å². The third-order valence-corrected chi connectivity index (χ3v) is 6.18. The zero-order chi connectivity index (χ0) is 21.4. The SMILES string of the molecule is Cc1ccc(CN2C(=O)CCc3c(C)nc([C@@H]4CCCN4c4ncccn4)nc32)cc1. The molecule has 1 atom stereocenters. The molecule has 158 valence electrons. The Labute approximate surface area is 182 Å². The first-order valence-electron chi connectivity index (χ1n) is 10.9. The van der Waals surface area contributed by atoms with Gasteiger partial charge < -0.3 is 4.90 Å². The van der Waals surface area contributed by atoms with E-state index in [4.69, 9.17) is 9.97 Å². The Morgan fingerprint density at radius 2 is 1.81 bits per heavy atom. The molecular weight excluding hydrogens is 388 g/mol. The first-order valence-corrected chi connectivity index (χ1v) is 10.9. The van der Waals surface area contributed by atoms with Crippen LogP contribution in [0.2, 0.25) is 0 Å². The third-order valence-electron chi connectivity index (χ3n) is 6.18. The van der Waals surface area contributed by atoms with Crippen LogP contribution in [0.5, 0.6) is 0 Å². The van der Waals surface area contributed by atoms with E-state index in [0.717, 1.165) is 47.8 Å². The van der Waals surface area contributed by atoms with Gasteiger partial charge in [-0.05, 0) is 44.7 Å². The van der Waals surface area contributed by atoms with Gasteiger partial charge in [-0.2, -0.15) is 0 Å². The highest BCUT2D eigenvalue weighted by Gasteiger charge is 2.34. The fourth-order valence-corrected chi connectivity index (χ4v) is 4.51. The van der Waals surface area contributed by atoms with Gasteiger partial charge in [-0.3, -0.25) is 9.69 Å². The molecule has 4 heterocycles. The van der Waals surface area contributed by atoms with Gasteiger partial charge in [0.15, 0.2) is 5.82 Å². The van der Waals surface area contributed by atoms with Gasteiger partial charge in [-0.25, -0.2) is 19.9 Å². The lowest BCUT2D eigenvalue weighted by molar-refractivity contribution is -0.119. The number of amides is 1. The molecule has 3 aromatic rings. The van der Waals surface area contributed by atoms with Gasteiger partial charge in [0.1, 0.15) is 5.82 Å². The number of aryl methyl sites for hydroxylation is 2. The Balaban J connectivity index is 1.52. The lowest BCUT2D eigenvalue weighted by Crippen LogP contribution is -2.37. The van der Waals surface area contributed by atoms with E-state index in [1.165, 1.54) is 5.56 Å². The van der Waals surface area contributed by atoms with Crippen LogP contribution in [0.15, 0.2) is 42.7 Å². The molecule has 2 aliphatic rings. The second-order valence-electron chi connectivity index (χ2n) is 8.34. The van der Waals surface area contributed by atoms with Crippen molar-refractivity contribution in [2.75, 3.05) is 16.3 Å². The number of fused-ring (bicyclic) bond motifs is 1. The van der Waals surface area contributed by atoms with E-state index in [0.29, 0.717) is 25.3 Å². The third kappa shape index (κ3) is 3.76. The lowest BCUT2D eigenvalue weighted by atomic mass is 10.0. The topological polar surface area (TPSA) is 75.1 Å². The largest absolute Gasteiger partial charge is 0.331 e. The monoisotopic (exact) mass is 414 g/mol. The number of aromatic nitrogens is 4. The van der Waals surface area contributed by atoms with Crippen molar-refractivity contribution in [2.24, 2.45) is 0 Å². The zero-order valence-electron chi connectivity index (χ0n) is 18.0. The van der Waals surface area contributed by atoms with Crippen molar-refractivity contribution in [2.45, 2.75) is 52.1 Å². The Kier molecular flexibility index (Phi) is 5.10.